The highest BCUT2D eigenvalue weighted by Gasteiger charge is 2.24. The number of nitrogens with zero attached hydrogens (tertiary/aromatic N) is 2. The van der Waals surface area contributed by atoms with Crippen LogP contribution in [0.1, 0.15) is 26.7 Å². The summed E-state index contributed by atoms with van der Waals surface area (Å²) in [5.74, 6) is 1.49. The van der Waals surface area contributed by atoms with Crippen molar-refractivity contribution in [3.63, 3.8) is 0 Å². The maximum atomic E-state index is 12.6. The Morgan fingerprint density at radius 2 is 1.25 bits per heavy atom. The number of allylic oxidation sites excluding steroid dienone is 4. The molecule has 0 spiro atoms. The maximum absolute atomic E-state index is 12.6. The lowest BCUT2D eigenvalue weighted by atomic mass is 10.1. The number of hydrogen-bond acceptors (Lipinski definition) is 5. The molecule has 1 saturated carbocycles. The Morgan fingerprint density at radius 3 is 1.54 bits per heavy atom. The van der Waals surface area contributed by atoms with E-state index in [4.69, 9.17) is 9.47 Å². The van der Waals surface area contributed by atoms with Crippen LogP contribution in [0.3, 0.4) is 0 Å². The Morgan fingerprint density at radius 1 is 0.875 bits per heavy atom. The van der Waals surface area contributed by atoms with Crippen molar-refractivity contribution in [2.75, 3.05) is 41.4 Å². The molecule has 0 heterocycles. The fourth-order valence-electron chi connectivity index (χ4n) is 2.40. The molecule has 5 nitrogen and oxygen atoms in total. The minimum Gasteiger partial charge on any atom is -0.492 e. The molecule has 5 heteroatoms. The van der Waals surface area contributed by atoms with Gasteiger partial charge in [0.1, 0.15) is 11.5 Å². The van der Waals surface area contributed by atoms with Crippen LogP contribution in [-0.4, -0.2) is 57.0 Å². The highest BCUT2D eigenvalue weighted by atomic mass is 16.5. The third-order valence-electron chi connectivity index (χ3n) is 3.27. The molecule has 1 aliphatic rings. The van der Waals surface area contributed by atoms with Crippen molar-refractivity contribution >= 4 is 5.78 Å². The van der Waals surface area contributed by atoms with Crippen LogP contribution < -0.4 is 0 Å². The minimum absolute atomic E-state index is 0.0729. The summed E-state index contributed by atoms with van der Waals surface area (Å²) >= 11 is 0. The summed E-state index contributed by atoms with van der Waals surface area (Å²) < 4.78 is 11.2. The number of ether oxygens (including phenoxy) is 2. The van der Waals surface area contributed by atoms with Gasteiger partial charge in [0, 0.05) is 51.7 Å². The molecule has 0 amide bonds. The van der Waals surface area contributed by atoms with Crippen LogP contribution in [0.15, 0.2) is 47.2 Å². The first kappa shape index (κ1) is 19.9. The van der Waals surface area contributed by atoms with Gasteiger partial charge >= 0.3 is 0 Å². The third-order valence-corrected chi connectivity index (χ3v) is 3.27. The van der Waals surface area contributed by atoms with Crippen molar-refractivity contribution in [2.45, 2.75) is 26.7 Å². The van der Waals surface area contributed by atoms with E-state index in [1.54, 1.807) is 0 Å². The molecule has 0 atom stereocenters. The number of hydrogen-bond donors (Lipinski definition) is 0. The molecular weight excluding hydrogens is 304 g/mol. The van der Waals surface area contributed by atoms with Gasteiger partial charge in [-0.05, 0) is 38.8 Å². The van der Waals surface area contributed by atoms with E-state index in [-0.39, 0.29) is 5.78 Å². The lowest BCUT2D eigenvalue weighted by Crippen LogP contribution is -2.06. The first-order valence-corrected chi connectivity index (χ1v) is 8.35. The van der Waals surface area contributed by atoms with Crippen molar-refractivity contribution in [3.05, 3.63) is 47.2 Å². The van der Waals surface area contributed by atoms with Gasteiger partial charge in [0.25, 0.3) is 0 Å². The second-order valence-corrected chi connectivity index (χ2v) is 6.02. The van der Waals surface area contributed by atoms with Gasteiger partial charge in [-0.3, -0.25) is 4.79 Å². The number of carbonyl (C=O) groups excluding carboxylic acids is 1. The van der Waals surface area contributed by atoms with Crippen LogP contribution in [0.5, 0.6) is 0 Å². The lowest BCUT2D eigenvalue weighted by molar-refractivity contribution is -0.111. The smallest absolute Gasteiger partial charge is 0.185 e. The normalized spacial score (nSPS) is 19.2. The van der Waals surface area contributed by atoms with Gasteiger partial charge in [-0.25, -0.2) is 0 Å². The van der Waals surface area contributed by atoms with Crippen LogP contribution in [0.2, 0.25) is 0 Å². The summed E-state index contributed by atoms with van der Waals surface area (Å²) in [5.41, 5.74) is 1.56. The van der Waals surface area contributed by atoms with Crippen molar-refractivity contribution in [1.82, 2.24) is 9.80 Å². The summed E-state index contributed by atoms with van der Waals surface area (Å²) in [6.45, 7) is 5.01. The molecule has 0 N–H and O–H groups in total. The highest BCUT2D eigenvalue weighted by Crippen LogP contribution is 2.28. The van der Waals surface area contributed by atoms with E-state index < -0.39 is 0 Å². The van der Waals surface area contributed by atoms with Gasteiger partial charge in [-0.2, -0.15) is 0 Å². The van der Waals surface area contributed by atoms with E-state index in [2.05, 4.69) is 0 Å². The first-order chi connectivity index (χ1) is 11.4. The average Bonchev–Trinajstić information content (AvgIpc) is 2.79. The monoisotopic (exact) mass is 334 g/mol. The van der Waals surface area contributed by atoms with Gasteiger partial charge in [0.05, 0.1) is 13.2 Å². The largest absolute Gasteiger partial charge is 0.492 e. The van der Waals surface area contributed by atoms with E-state index in [1.165, 1.54) is 0 Å². The molecule has 0 aromatic rings. The average molecular weight is 334 g/mol. The third kappa shape index (κ3) is 6.52. The number of Topliss-reactive ketones (excluding diaryl/α,β-unsaturated/α-hetero) is 1. The zero-order valence-corrected chi connectivity index (χ0v) is 15.8. The van der Waals surface area contributed by atoms with Gasteiger partial charge in [0.2, 0.25) is 0 Å². The molecule has 0 aromatic heterocycles. The van der Waals surface area contributed by atoms with Crippen LogP contribution in [0.4, 0.5) is 0 Å². The predicted molar refractivity (Wildman–Crippen MR) is 97.2 cm³/mol. The zero-order valence-electron chi connectivity index (χ0n) is 15.8. The van der Waals surface area contributed by atoms with E-state index in [0.29, 0.717) is 24.7 Å². The Kier molecular flexibility index (Phi) is 8.16. The molecule has 0 bridgehead atoms. The number of ketones is 1. The Hall–Kier alpha value is -2.17. The predicted octanol–water partition coefficient (Wildman–Crippen LogP) is 3.08. The van der Waals surface area contributed by atoms with E-state index in [1.807, 2.05) is 76.4 Å². The molecule has 0 aliphatic heterocycles. The summed E-state index contributed by atoms with van der Waals surface area (Å²) in [6, 6.07) is 0. The summed E-state index contributed by atoms with van der Waals surface area (Å²) in [6.07, 6.45) is 8.91. The van der Waals surface area contributed by atoms with Gasteiger partial charge in [0.15, 0.2) is 5.78 Å². The standard InChI is InChI=1S/C19H30N2O3/c1-7-23-17(13-20(3)4)11-15-9-10-16(19(15)22)12-18(24-8-2)14-21(5)6/h11-14H,7-10H2,1-6H3/b15-11+,16-12+,17-13-,18-14-. The molecule has 24 heavy (non-hydrogen) atoms. The maximum Gasteiger partial charge on any atom is 0.185 e. The summed E-state index contributed by atoms with van der Waals surface area (Å²) in [4.78, 5) is 16.4. The molecule has 1 rings (SSSR count). The van der Waals surface area contributed by atoms with Crippen LogP contribution in [0, 0.1) is 0 Å². The van der Waals surface area contributed by atoms with E-state index in [0.717, 1.165) is 24.0 Å². The summed E-state index contributed by atoms with van der Waals surface area (Å²) in [7, 11) is 7.72. The molecular formula is C19H30N2O3. The molecule has 0 unspecified atom stereocenters. The lowest BCUT2D eigenvalue weighted by Gasteiger charge is -2.10. The quantitative estimate of drug-likeness (QED) is 0.504. The van der Waals surface area contributed by atoms with Gasteiger partial charge in [-0.15, -0.1) is 0 Å². The van der Waals surface area contributed by atoms with Crippen molar-refractivity contribution in [1.29, 1.82) is 0 Å². The summed E-state index contributed by atoms with van der Waals surface area (Å²) in [5, 5.41) is 0. The van der Waals surface area contributed by atoms with Crippen molar-refractivity contribution < 1.29 is 14.3 Å². The van der Waals surface area contributed by atoms with Crippen LogP contribution in [0.25, 0.3) is 0 Å². The van der Waals surface area contributed by atoms with E-state index in [9.17, 15) is 4.79 Å². The second kappa shape index (κ2) is 9.85. The SMILES string of the molecule is CCOC(=C\N(C)C)/C=C1\CC/C(=C\C(=C\N(C)C)OCC)C1=O. The van der Waals surface area contributed by atoms with Gasteiger partial charge in [-0.1, -0.05) is 0 Å². The van der Waals surface area contributed by atoms with Crippen molar-refractivity contribution in [2.24, 2.45) is 0 Å². The van der Waals surface area contributed by atoms with Gasteiger partial charge < -0.3 is 19.3 Å². The fraction of sp³-hybridized carbons (Fsp3) is 0.526. The fourth-order valence-corrected chi connectivity index (χ4v) is 2.40. The van der Waals surface area contributed by atoms with E-state index >= 15 is 0 Å². The topological polar surface area (TPSA) is 42.0 Å². The Labute approximate surface area is 145 Å². The Bertz CT molecular complexity index is 507. The number of carbonyl (C=O) groups is 1. The second-order valence-electron chi connectivity index (χ2n) is 6.02. The molecule has 1 aliphatic carbocycles. The van der Waals surface area contributed by atoms with Crippen molar-refractivity contribution in [3.8, 4) is 0 Å². The van der Waals surface area contributed by atoms with Crippen LogP contribution in [-0.2, 0) is 14.3 Å². The molecule has 134 valence electrons. The Balaban J connectivity index is 3.01. The number of rotatable bonds is 8. The first-order valence-electron chi connectivity index (χ1n) is 8.35. The highest BCUT2D eigenvalue weighted by molar-refractivity contribution is 6.11. The molecule has 0 radical (unpaired) electrons. The molecule has 1 fully saturated rings. The minimum atomic E-state index is 0.0729. The van der Waals surface area contributed by atoms with Crippen LogP contribution >= 0.6 is 0 Å². The molecule has 0 saturated heterocycles. The zero-order chi connectivity index (χ0) is 18.1. The molecule has 0 aromatic carbocycles.